The minimum Gasteiger partial charge on any atom is -0.497 e. The molecule has 1 fully saturated rings. The standard InChI is InChI=1S/C29H26N4O6/c1-4-39-29(35)24-16(2)25-27(34)23(31-28(25)32-26(24)17-8-11-21(38-3)12-9-17)15-19-10-13-22(30-19)18-6-5-7-20(14-18)33(36)37/h5-15,25-26,30H,4H2,1-3H3,(H,31,32)/b23-15-. The van der Waals surface area contributed by atoms with E-state index in [2.05, 4.69) is 10.3 Å². The van der Waals surface area contributed by atoms with E-state index in [-0.39, 0.29) is 18.1 Å². The second kappa shape index (κ2) is 10.4. The average molecular weight is 527 g/mol. The summed E-state index contributed by atoms with van der Waals surface area (Å²) in [5.41, 5.74) is 3.96. The van der Waals surface area contributed by atoms with Gasteiger partial charge in [0.25, 0.3) is 5.69 Å². The molecule has 0 amide bonds. The Balaban J connectivity index is 1.49. The number of aromatic amines is 1. The zero-order valence-corrected chi connectivity index (χ0v) is 21.6. The first-order chi connectivity index (χ1) is 18.8. The molecule has 0 spiro atoms. The third kappa shape index (κ3) is 4.84. The number of nitrogens with zero attached hydrogens (tertiary/aromatic N) is 2. The quantitative estimate of drug-likeness (QED) is 0.196. The number of aliphatic imine (C=N–C) groups is 1. The number of ketones is 1. The number of amidine groups is 1. The number of hydrogen-bond acceptors (Lipinski definition) is 8. The molecule has 3 aromatic rings. The first-order valence-electron chi connectivity index (χ1n) is 12.4. The first kappa shape index (κ1) is 25.7. The Morgan fingerprint density at radius 2 is 1.92 bits per heavy atom. The van der Waals surface area contributed by atoms with Crippen molar-refractivity contribution in [2.45, 2.75) is 19.9 Å². The van der Waals surface area contributed by atoms with Gasteiger partial charge >= 0.3 is 5.97 Å². The van der Waals surface area contributed by atoms with Gasteiger partial charge < -0.3 is 19.8 Å². The van der Waals surface area contributed by atoms with Crippen molar-refractivity contribution in [3.8, 4) is 17.0 Å². The van der Waals surface area contributed by atoms with Crippen LogP contribution in [0.15, 0.2) is 82.5 Å². The molecule has 2 N–H and O–H groups in total. The molecule has 2 aliphatic heterocycles. The first-order valence-corrected chi connectivity index (χ1v) is 12.4. The molecular weight excluding hydrogens is 500 g/mol. The third-order valence-electron chi connectivity index (χ3n) is 6.77. The van der Waals surface area contributed by atoms with Gasteiger partial charge in [-0.1, -0.05) is 24.3 Å². The highest BCUT2D eigenvalue weighted by Gasteiger charge is 2.44. The minimum absolute atomic E-state index is 0.0113. The lowest BCUT2D eigenvalue weighted by atomic mass is 9.84. The van der Waals surface area contributed by atoms with Crippen LogP contribution in [0.2, 0.25) is 0 Å². The predicted octanol–water partition coefficient (Wildman–Crippen LogP) is 4.76. The Labute approximate surface area is 224 Å². The van der Waals surface area contributed by atoms with Crippen molar-refractivity contribution < 1.29 is 24.0 Å². The van der Waals surface area contributed by atoms with Crippen LogP contribution in [0.4, 0.5) is 5.69 Å². The lowest BCUT2D eigenvalue weighted by Gasteiger charge is -2.26. The predicted molar refractivity (Wildman–Crippen MR) is 145 cm³/mol. The maximum absolute atomic E-state index is 13.5. The number of esters is 1. The summed E-state index contributed by atoms with van der Waals surface area (Å²) in [6.45, 7) is 3.69. The Hall–Kier alpha value is -4.99. The Morgan fingerprint density at radius 1 is 1.15 bits per heavy atom. The van der Waals surface area contributed by atoms with Crippen LogP contribution in [0.1, 0.15) is 31.1 Å². The fraction of sp³-hybridized carbons (Fsp3) is 0.207. The van der Waals surface area contributed by atoms with Crippen molar-refractivity contribution in [3.63, 3.8) is 0 Å². The number of carbonyl (C=O) groups excluding carboxylic acids is 2. The summed E-state index contributed by atoms with van der Waals surface area (Å²) in [5, 5.41) is 14.3. The van der Waals surface area contributed by atoms with Crippen LogP contribution in [0.3, 0.4) is 0 Å². The smallest absolute Gasteiger partial charge is 0.336 e. The van der Waals surface area contributed by atoms with Crippen LogP contribution in [-0.2, 0) is 14.3 Å². The maximum Gasteiger partial charge on any atom is 0.336 e. The van der Waals surface area contributed by atoms with E-state index in [9.17, 15) is 19.7 Å². The zero-order valence-electron chi connectivity index (χ0n) is 21.6. The van der Waals surface area contributed by atoms with Crippen molar-refractivity contribution in [1.29, 1.82) is 0 Å². The molecule has 39 heavy (non-hydrogen) atoms. The van der Waals surface area contributed by atoms with Crippen molar-refractivity contribution in [1.82, 2.24) is 10.3 Å². The van der Waals surface area contributed by atoms with Crippen LogP contribution < -0.4 is 10.1 Å². The maximum atomic E-state index is 13.5. The second-order valence-corrected chi connectivity index (χ2v) is 9.12. The van der Waals surface area contributed by atoms with Gasteiger partial charge in [0.2, 0.25) is 0 Å². The lowest BCUT2D eigenvalue weighted by Crippen LogP contribution is -2.31. The molecule has 0 bridgehead atoms. The molecule has 2 atom stereocenters. The molecule has 3 heterocycles. The molecule has 0 saturated carbocycles. The number of non-ortho nitro benzene ring substituents is 1. The van der Waals surface area contributed by atoms with Crippen molar-refractivity contribution >= 4 is 29.4 Å². The van der Waals surface area contributed by atoms with E-state index in [4.69, 9.17) is 14.5 Å². The van der Waals surface area contributed by atoms with E-state index in [1.54, 1.807) is 63.4 Å². The third-order valence-corrected chi connectivity index (χ3v) is 6.77. The van der Waals surface area contributed by atoms with Crippen LogP contribution in [0.25, 0.3) is 17.3 Å². The highest BCUT2D eigenvalue weighted by atomic mass is 16.6. The van der Waals surface area contributed by atoms with Crippen molar-refractivity contribution in [2.24, 2.45) is 10.9 Å². The fourth-order valence-electron chi connectivity index (χ4n) is 4.86. The summed E-state index contributed by atoms with van der Waals surface area (Å²) in [6, 6.07) is 16.5. The second-order valence-electron chi connectivity index (χ2n) is 9.12. The van der Waals surface area contributed by atoms with Gasteiger partial charge in [-0.15, -0.1) is 0 Å². The monoisotopic (exact) mass is 526 g/mol. The number of ether oxygens (including phenoxy) is 2. The number of carbonyl (C=O) groups is 2. The number of H-pyrrole nitrogens is 1. The number of Topliss-reactive ketones (excluding diaryl/α,β-unsaturated/α-hetero) is 1. The average Bonchev–Trinajstić information content (AvgIpc) is 3.53. The van der Waals surface area contributed by atoms with Gasteiger partial charge in [0.15, 0.2) is 5.78 Å². The number of allylic oxidation sites excluding steroid dienone is 1. The summed E-state index contributed by atoms with van der Waals surface area (Å²) in [6.07, 6.45) is 1.67. The molecule has 10 nitrogen and oxygen atoms in total. The molecule has 1 saturated heterocycles. The topological polar surface area (TPSA) is 136 Å². The summed E-state index contributed by atoms with van der Waals surface area (Å²) in [4.78, 5) is 45.2. The highest BCUT2D eigenvalue weighted by Crippen LogP contribution is 2.40. The Morgan fingerprint density at radius 3 is 2.62 bits per heavy atom. The number of hydrogen-bond donors (Lipinski definition) is 2. The molecule has 0 aliphatic carbocycles. The van der Waals surface area contributed by atoms with Gasteiger partial charge in [0.05, 0.1) is 29.9 Å². The van der Waals surface area contributed by atoms with E-state index in [0.717, 1.165) is 5.56 Å². The van der Waals surface area contributed by atoms with Gasteiger partial charge in [0, 0.05) is 29.1 Å². The molecule has 0 radical (unpaired) electrons. The van der Waals surface area contributed by atoms with Gasteiger partial charge in [0.1, 0.15) is 23.5 Å². The molecular formula is C29H26N4O6. The largest absolute Gasteiger partial charge is 0.497 e. The number of benzene rings is 2. The highest BCUT2D eigenvalue weighted by molar-refractivity contribution is 6.23. The molecule has 2 aromatic carbocycles. The van der Waals surface area contributed by atoms with Gasteiger partial charge in [-0.05, 0) is 55.3 Å². The fourth-order valence-corrected chi connectivity index (χ4v) is 4.86. The van der Waals surface area contributed by atoms with Crippen LogP contribution in [0, 0.1) is 16.0 Å². The van der Waals surface area contributed by atoms with E-state index >= 15 is 0 Å². The number of nitrogens with one attached hydrogen (secondary N) is 2. The molecule has 198 valence electrons. The molecule has 2 unspecified atom stereocenters. The molecule has 10 heteroatoms. The van der Waals surface area contributed by atoms with E-state index in [1.165, 1.54) is 12.1 Å². The molecule has 1 aromatic heterocycles. The number of aromatic nitrogens is 1. The number of rotatable bonds is 7. The Kier molecular flexibility index (Phi) is 6.84. The van der Waals surface area contributed by atoms with Crippen LogP contribution in [-0.4, -0.2) is 41.2 Å². The summed E-state index contributed by atoms with van der Waals surface area (Å²) in [7, 11) is 1.58. The van der Waals surface area contributed by atoms with Gasteiger partial charge in [-0.3, -0.25) is 19.9 Å². The summed E-state index contributed by atoms with van der Waals surface area (Å²) < 4.78 is 10.6. The van der Waals surface area contributed by atoms with E-state index in [0.29, 0.717) is 45.4 Å². The number of nitro groups is 1. The SMILES string of the molecule is CCOC(=O)C1=C(C)C2C(=O)/C(=C/c3ccc(-c4cccc([N+](=O)[O-])c4)[nH]3)NC2=NC1c1ccc(OC)cc1. The normalized spacial score (nSPS) is 19.4. The minimum atomic E-state index is -0.726. The number of fused-ring (bicyclic) bond motifs is 1. The number of nitro benzene ring substituents is 1. The number of dihydropyridines is 1. The van der Waals surface area contributed by atoms with Crippen LogP contribution in [0.5, 0.6) is 5.75 Å². The van der Waals surface area contributed by atoms with E-state index in [1.807, 2.05) is 12.1 Å². The van der Waals surface area contributed by atoms with Crippen LogP contribution >= 0.6 is 0 Å². The lowest BCUT2D eigenvalue weighted by molar-refractivity contribution is -0.384. The summed E-state index contributed by atoms with van der Waals surface area (Å²) >= 11 is 0. The number of methoxy groups -OCH3 is 1. The van der Waals surface area contributed by atoms with Gasteiger partial charge in [-0.25, -0.2) is 4.79 Å². The van der Waals surface area contributed by atoms with E-state index < -0.39 is 22.9 Å². The Bertz CT molecular complexity index is 1560. The molecule has 2 aliphatic rings. The van der Waals surface area contributed by atoms with Gasteiger partial charge in [-0.2, -0.15) is 0 Å². The van der Waals surface area contributed by atoms with Crippen molar-refractivity contribution in [3.05, 3.63) is 98.9 Å². The van der Waals surface area contributed by atoms with Crippen molar-refractivity contribution in [2.75, 3.05) is 13.7 Å². The molecule has 5 rings (SSSR count). The summed E-state index contributed by atoms with van der Waals surface area (Å²) in [5.74, 6) is -0.310. The zero-order chi connectivity index (χ0) is 27.7.